The third kappa shape index (κ3) is 3.65. The quantitative estimate of drug-likeness (QED) is 0.931. The molecule has 130 valence electrons. The lowest BCUT2D eigenvalue weighted by Crippen LogP contribution is -2.60. The van der Waals surface area contributed by atoms with Crippen molar-refractivity contribution >= 4 is 17.6 Å². The molecule has 1 aliphatic rings. The number of anilines is 1. The van der Waals surface area contributed by atoms with Gasteiger partial charge in [-0.05, 0) is 31.2 Å². The molecule has 0 aliphatic carbocycles. The highest BCUT2D eigenvalue weighted by molar-refractivity contribution is 5.95. The molecule has 0 unspecified atom stereocenters. The molecule has 1 N–H and O–H groups in total. The third-order valence-electron chi connectivity index (χ3n) is 4.78. The van der Waals surface area contributed by atoms with Crippen molar-refractivity contribution < 1.29 is 14.7 Å². The fraction of sp³-hybridized carbons (Fsp3) is 0.300. The number of carboxylic acid groups (broad SMARTS) is 1. The number of nitrogens with zero attached hydrogens (tertiary/aromatic N) is 2. The Morgan fingerprint density at radius 3 is 2.20 bits per heavy atom. The van der Waals surface area contributed by atoms with E-state index in [1.807, 2.05) is 55.5 Å². The van der Waals surface area contributed by atoms with Crippen molar-refractivity contribution in [3.05, 3.63) is 66.2 Å². The molecule has 0 saturated carbocycles. The fourth-order valence-corrected chi connectivity index (χ4v) is 3.50. The smallest absolute Gasteiger partial charge is 0.305 e. The van der Waals surface area contributed by atoms with Crippen molar-refractivity contribution in [1.82, 2.24) is 4.90 Å². The topological polar surface area (TPSA) is 60.9 Å². The molecule has 2 aromatic rings. The molecule has 0 aromatic heterocycles. The number of carboxylic acids is 1. The Hall–Kier alpha value is -2.82. The van der Waals surface area contributed by atoms with Gasteiger partial charge in [0, 0.05) is 30.4 Å². The van der Waals surface area contributed by atoms with Crippen LogP contribution >= 0.6 is 0 Å². The van der Waals surface area contributed by atoms with Gasteiger partial charge in [-0.3, -0.25) is 9.59 Å². The number of hydrogen-bond donors (Lipinski definition) is 1. The monoisotopic (exact) mass is 338 g/mol. The number of rotatable bonds is 4. The third-order valence-corrected chi connectivity index (χ3v) is 4.78. The Kier molecular flexibility index (Phi) is 5.03. The lowest BCUT2D eigenvalue weighted by Gasteiger charge is -2.47. The van der Waals surface area contributed by atoms with Gasteiger partial charge in [0.2, 0.25) is 0 Å². The van der Waals surface area contributed by atoms with E-state index in [0.717, 1.165) is 5.69 Å². The van der Waals surface area contributed by atoms with Crippen LogP contribution in [0.3, 0.4) is 0 Å². The Labute approximate surface area is 147 Å². The lowest BCUT2D eigenvalue weighted by atomic mass is 9.97. The molecule has 2 atom stereocenters. The van der Waals surface area contributed by atoms with E-state index >= 15 is 0 Å². The summed E-state index contributed by atoms with van der Waals surface area (Å²) in [4.78, 5) is 28.2. The van der Waals surface area contributed by atoms with Crippen molar-refractivity contribution in [2.75, 3.05) is 18.0 Å². The van der Waals surface area contributed by atoms with Gasteiger partial charge in [-0.1, -0.05) is 36.4 Å². The highest BCUT2D eigenvalue weighted by atomic mass is 16.4. The summed E-state index contributed by atoms with van der Waals surface area (Å²) in [6, 6.07) is 18.5. The summed E-state index contributed by atoms with van der Waals surface area (Å²) in [5, 5.41) is 9.35. The summed E-state index contributed by atoms with van der Waals surface area (Å²) < 4.78 is 0. The largest absolute Gasteiger partial charge is 0.481 e. The standard InChI is InChI=1S/C20H22N2O3/c1-15-18(14-19(23)24)22(20(25)16-8-4-2-5-9-16)13-12-21(15)17-10-6-3-7-11-17/h2-11,15,18H,12-14H2,1H3,(H,23,24)/t15-,18+/m1/s1. The zero-order chi connectivity index (χ0) is 17.8. The first-order valence-electron chi connectivity index (χ1n) is 8.47. The van der Waals surface area contributed by atoms with Crippen molar-refractivity contribution in [2.24, 2.45) is 0 Å². The number of benzene rings is 2. The molecule has 0 bridgehead atoms. The lowest BCUT2D eigenvalue weighted by molar-refractivity contribution is -0.138. The Bertz CT molecular complexity index is 733. The molecule has 5 nitrogen and oxygen atoms in total. The summed E-state index contributed by atoms with van der Waals surface area (Å²) in [5.41, 5.74) is 1.65. The summed E-state index contributed by atoms with van der Waals surface area (Å²) in [5.74, 6) is -0.996. The second kappa shape index (κ2) is 7.38. The van der Waals surface area contributed by atoms with E-state index in [9.17, 15) is 14.7 Å². The molecule has 2 aromatic carbocycles. The van der Waals surface area contributed by atoms with Crippen LogP contribution in [0.4, 0.5) is 5.69 Å². The van der Waals surface area contributed by atoms with Gasteiger partial charge >= 0.3 is 5.97 Å². The Balaban J connectivity index is 1.87. The summed E-state index contributed by atoms with van der Waals surface area (Å²) in [6.45, 7) is 3.18. The molecule has 1 amide bonds. The van der Waals surface area contributed by atoms with Crippen LogP contribution in [-0.4, -0.2) is 47.1 Å². The molecule has 0 radical (unpaired) electrons. The van der Waals surface area contributed by atoms with Gasteiger partial charge in [-0.25, -0.2) is 0 Å². The number of aliphatic carboxylic acids is 1. The predicted octanol–water partition coefficient (Wildman–Crippen LogP) is 2.88. The van der Waals surface area contributed by atoms with E-state index in [4.69, 9.17) is 0 Å². The number of carbonyl (C=O) groups is 2. The molecule has 1 heterocycles. The number of piperazine rings is 1. The molecular weight excluding hydrogens is 316 g/mol. The molecule has 0 spiro atoms. The van der Waals surface area contributed by atoms with Gasteiger partial charge in [0.15, 0.2) is 0 Å². The minimum Gasteiger partial charge on any atom is -0.481 e. The van der Waals surface area contributed by atoms with Crippen LogP contribution in [0.2, 0.25) is 0 Å². The number of amides is 1. The normalized spacial score (nSPS) is 20.4. The van der Waals surface area contributed by atoms with Crippen molar-refractivity contribution in [3.8, 4) is 0 Å². The van der Waals surface area contributed by atoms with Crippen LogP contribution in [0, 0.1) is 0 Å². The van der Waals surface area contributed by atoms with Crippen LogP contribution in [0.1, 0.15) is 23.7 Å². The fourth-order valence-electron chi connectivity index (χ4n) is 3.50. The highest BCUT2D eigenvalue weighted by Crippen LogP contribution is 2.27. The van der Waals surface area contributed by atoms with Gasteiger partial charge in [0.25, 0.3) is 5.91 Å². The second-order valence-corrected chi connectivity index (χ2v) is 6.30. The minimum atomic E-state index is -0.891. The molecular formula is C20H22N2O3. The van der Waals surface area contributed by atoms with Gasteiger partial charge in [-0.2, -0.15) is 0 Å². The van der Waals surface area contributed by atoms with E-state index in [2.05, 4.69) is 4.90 Å². The van der Waals surface area contributed by atoms with Gasteiger partial charge in [0.05, 0.1) is 12.5 Å². The SMILES string of the molecule is C[C@@H]1[C@H](CC(=O)O)N(C(=O)c2ccccc2)CCN1c1ccccc1. The second-order valence-electron chi connectivity index (χ2n) is 6.30. The average Bonchev–Trinajstić information content (AvgIpc) is 2.64. The maximum Gasteiger partial charge on any atom is 0.305 e. The average molecular weight is 338 g/mol. The van der Waals surface area contributed by atoms with E-state index in [0.29, 0.717) is 18.7 Å². The zero-order valence-corrected chi connectivity index (χ0v) is 14.2. The maximum atomic E-state index is 12.9. The van der Waals surface area contributed by atoms with Crippen LogP contribution in [0.5, 0.6) is 0 Å². The summed E-state index contributed by atoms with van der Waals surface area (Å²) in [6.07, 6.45) is -0.0664. The van der Waals surface area contributed by atoms with E-state index in [-0.39, 0.29) is 24.4 Å². The predicted molar refractivity (Wildman–Crippen MR) is 96.8 cm³/mol. The number of carbonyl (C=O) groups excluding carboxylic acids is 1. The Morgan fingerprint density at radius 2 is 1.60 bits per heavy atom. The first-order valence-corrected chi connectivity index (χ1v) is 8.47. The molecule has 25 heavy (non-hydrogen) atoms. The van der Waals surface area contributed by atoms with Gasteiger partial charge in [0.1, 0.15) is 0 Å². The van der Waals surface area contributed by atoms with Crippen molar-refractivity contribution in [2.45, 2.75) is 25.4 Å². The molecule has 5 heteroatoms. The molecule has 1 saturated heterocycles. The first-order chi connectivity index (χ1) is 12.1. The number of hydrogen-bond acceptors (Lipinski definition) is 3. The van der Waals surface area contributed by atoms with Crippen LogP contribution in [0.25, 0.3) is 0 Å². The van der Waals surface area contributed by atoms with Gasteiger partial charge in [-0.15, -0.1) is 0 Å². The zero-order valence-electron chi connectivity index (χ0n) is 14.2. The van der Waals surface area contributed by atoms with Crippen molar-refractivity contribution in [3.63, 3.8) is 0 Å². The number of para-hydroxylation sites is 1. The van der Waals surface area contributed by atoms with Crippen LogP contribution < -0.4 is 4.90 Å². The van der Waals surface area contributed by atoms with E-state index in [1.54, 1.807) is 17.0 Å². The van der Waals surface area contributed by atoms with Crippen LogP contribution in [-0.2, 0) is 4.79 Å². The molecule has 1 fully saturated rings. The van der Waals surface area contributed by atoms with E-state index in [1.165, 1.54) is 0 Å². The Morgan fingerprint density at radius 1 is 1.00 bits per heavy atom. The van der Waals surface area contributed by atoms with Gasteiger partial charge < -0.3 is 14.9 Å². The summed E-state index contributed by atoms with van der Waals surface area (Å²) >= 11 is 0. The molecule has 3 rings (SSSR count). The maximum absolute atomic E-state index is 12.9. The van der Waals surface area contributed by atoms with Crippen molar-refractivity contribution in [1.29, 1.82) is 0 Å². The minimum absolute atomic E-state index is 0.0664. The molecule has 1 aliphatic heterocycles. The van der Waals surface area contributed by atoms with Crippen LogP contribution in [0.15, 0.2) is 60.7 Å². The first kappa shape index (κ1) is 17.0. The summed E-state index contributed by atoms with van der Waals surface area (Å²) in [7, 11) is 0. The highest BCUT2D eigenvalue weighted by Gasteiger charge is 2.37. The van der Waals surface area contributed by atoms with E-state index < -0.39 is 5.97 Å².